The van der Waals surface area contributed by atoms with Crippen LogP contribution in [0.25, 0.3) is 0 Å². The Kier molecular flexibility index (Phi) is 7.32. The lowest BCUT2D eigenvalue weighted by atomic mass is 9.86. The lowest BCUT2D eigenvalue weighted by molar-refractivity contribution is 0.303. The van der Waals surface area contributed by atoms with Crippen molar-refractivity contribution >= 4 is 0 Å². The van der Waals surface area contributed by atoms with Crippen molar-refractivity contribution in [2.75, 3.05) is 0 Å². The number of hydrogen-bond acceptors (Lipinski definition) is 1. The van der Waals surface area contributed by atoms with Crippen LogP contribution in [-0.2, 0) is 19.3 Å². The Morgan fingerprint density at radius 2 is 1.48 bits per heavy atom. The SMILES string of the molecule is CC(C)(C)NC(C)(C)C.CC(C)Cc1cccc2c1CCCC2. The molecule has 0 heterocycles. The third kappa shape index (κ3) is 8.55. The molecule has 0 saturated carbocycles. The Bertz CT molecular complexity index is 460. The summed E-state index contributed by atoms with van der Waals surface area (Å²) in [7, 11) is 0. The predicted molar refractivity (Wildman–Crippen MR) is 104 cm³/mol. The summed E-state index contributed by atoms with van der Waals surface area (Å²) >= 11 is 0. The van der Waals surface area contributed by atoms with Gasteiger partial charge in [0.2, 0.25) is 0 Å². The van der Waals surface area contributed by atoms with Crippen molar-refractivity contribution in [3.05, 3.63) is 34.9 Å². The highest BCUT2D eigenvalue weighted by Gasteiger charge is 2.18. The van der Waals surface area contributed by atoms with E-state index in [0.29, 0.717) is 0 Å². The molecule has 0 atom stereocenters. The highest BCUT2D eigenvalue weighted by atomic mass is 15.0. The number of benzene rings is 1. The molecule has 0 saturated heterocycles. The van der Waals surface area contributed by atoms with Crippen molar-refractivity contribution in [1.29, 1.82) is 0 Å². The van der Waals surface area contributed by atoms with Crippen LogP contribution >= 0.6 is 0 Å². The second-order valence-corrected chi connectivity index (χ2v) is 9.48. The molecule has 0 amide bonds. The molecule has 0 spiro atoms. The molecule has 1 aromatic carbocycles. The van der Waals surface area contributed by atoms with E-state index in [1.165, 1.54) is 32.1 Å². The molecule has 1 aliphatic rings. The maximum atomic E-state index is 3.46. The van der Waals surface area contributed by atoms with Crippen molar-refractivity contribution < 1.29 is 0 Å². The fourth-order valence-electron chi connectivity index (χ4n) is 3.62. The van der Waals surface area contributed by atoms with E-state index in [0.717, 1.165) is 5.92 Å². The predicted octanol–water partition coefficient (Wildman–Crippen LogP) is 5.94. The van der Waals surface area contributed by atoms with Crippen molar-refractivity contribution in [2.45, 2.75) is 98.6 Å². The van der Waals surface area contributed by atoms with Gasteiger partial charge in [0.05, 0.1) is 0 Å². The fourth-order valence-corrected chi connectivity index (χ4v) is 3.62. The molecule has 1 aromatic rings. The second-order valence-electron chi connectivity index (χ2n) is 9.48. The third-order valence-electron chi connectivity index (χ3n) is 3.87. The molecular weight excluding hydrogens is 278 g/mol. The van der Waals surface area contributed by atoms with Crippen molar-refractivity contribution in [3.63, 3.8) is 0 Å². The number of fused-ring (bicyclic) bond motifs is 1. The van der Waals surface area contributed by atoms with Gasteiger partial charge in [-0.3, -0.25) is 0 Å². The highest BCUT2D eigenvalue weighted by molar-refractivity contribution is 5.37. The molecule has 0 radical (unpaired) electrons. The first-order chi connectivity index (χ1) is 10.5. The van der Waals surface area contributed by atoms with Crippen LogP contribution in [-0.4, -0.2) is 11.1 Å². The summed E-state index contributed by atoms with van der Waals surface area (Å²) < 4.78 is 0. The Morgan fingerprint density at radius 3 is 1.96 bits per heavy atom. The van der Waals surface area contributed by atoms with Gasteiger partial charge in [-0.2, -0.15) is 0 Å². The van der Waals surface area contributed by atoms with Crippen LogP contribution in [0.15, 0.2) is 18.2 Å². The topological polar surface area (TPSA) is 12.0 Å². The number of hydrogen-bond donors (Lipinski definition) is 1. The molecule has 0 fully saturated rings. The van der Waals surface area contributed by atoms with Crippen LogP contribution in [0.4, 0.5) is 0 Å². The van der Waals surface area contributed by atoms with E-state index in [4.69, 9.17) is 0 Å². The molecular formula is C22H39N. The van der Waals surface area contributed by atoms with Crippen molar-refractivity contribution in [1.82, 2.24) is 5.32 Å². The van der Waals surface area contributed by atoms with Gasteiger partial charge in [0.25, 0.3) is 0 Å². The summed E-state index contributed by atoms with van der Waals surface area (Å²) in [6, 6.07) is 6.88. The first-order valence-electron chi connectivity index (χ1n) is 9.37. The van der Waals surface area contributed by atoms with Gasteiger partial charge in [-0.25, -0.2) is 0 Å². The first-order valence-corrected chi connectivity index (χ1v) is 9.37. The molecule has 0 bridgehead atoms. The minimum atomic E-state index is 0.234. The minimum Gasteiger partial charge on any atom is -0.307 e. The largest absolute Gasteiger partial charge is 0.307 e. The zero-order chi connectivity index (χ0) is 17.7. The lowest BCUT2D eigenvalue weighted by Crippen LogP contribution is -2.48. The van der Waals surface area contributed by atoms with E-state index in [-0.39, 0.29) is 11.1 Å². The zero-order valence-electron chi connectivity index (χ0n) is 16.8. The molecule has 132 valence electrons. The first kappa shape index (κ1) is 20.2. The molecule has 1 N–H and O–H groups in total. The number of aryl methyl sites for hydroxylation is 1. The Hall–Kier alpha value is -0.820. The average Bonchev–Trinajstić information content (AvgIpc) is 2.35. The third-order valence-corrected chi connectivity index (χ3v) is 3.87. The lowest BCUT2D eigenvalue weighted by Gasteiger charge is -2.31. The van der Waals surface area contributed by atoms with Gasteiger partial charge in [-0.15, -0.1) is 0 Å². The van der Waals surface area contributed by atoms with Crippen LogP contribution in [0.2, 0.25) is 0 Å². The number of nitrogens with one attached hydrogen (secondary N) is 1. The van der Waals surface area contributed by atoms with Crippen LogP contribution in [0.5, 0.6) is 0 Å². The van der Waals surface area contributed by atoms with Crippen molar-refractivity contribution in [3.8, 4) is 0 Å². The maximum absolute atomic E-state index is 3.46. The second kappa shape index (κ2) is 8.33. The van der Waals surface area contributed by atoms with Crippen LogP contribution in [0.1, 0.15) is 84.9 Å². The summed E-state index contributed by atoms with van der Waals surface area (Å²) in [6.45, 7) is 17.7. The Balaban J connectivity index is 0.000000257. The maximum Gasteiger partial charge on any atom is 0.0101 e. The summed E-state index contributed by atoms with van der Waals surface area (Å²) in [6.07, 6.45) is 6.66. The highest BCUT2D eigenvalue weighted by Crippen LogP contribution is 2.25. The van der Waals surface area contributed by atoms with Crippen LogP contribution in [0.3, 0.4) is 0 Å². The molecule has 1 aliphatic carbocycles. The molecule has 1 heteroatoms. The van der Waals surface area contributed by atoms with Gasteiger partial charge in [-0.05, 0) is 96.3 Å². The fraction of sp³-hybridized carbons (Fsp3) is 0.727. The standard InChI is InChI=1S/C14H20.C8H19N/c1-11(2)10-13-8-5-7-12-6-3-4-9-14(12)13;1-7(2,3)9-8(4,5)6/h5,7-8,11H,3-4,6,9-10H2,1-2H3;9H,1-6H3. The summed E-state index contributed by atoms with van der Waals surface area (Å²) in [4.78, 5) is 0. The quantitative estimate of drug-likeness (QED) is 0.712. The van der Waals surface area contributed by atoms with Gasteiger partial charge >= 0.3 is 0 Å². The Labute approximate surface area is 145 Å². The van der Waals surface area contributed by atoms with Crippen LogP contribution in [0, 0.1) is 5.92 Å². The normalized spacial score (nSPS) is 15.0. The van der Waals surface area contributed by atoms with E-state index < -0.39 is 0 Å². The Morgan fingerprint density at radius 1 is 0.913 bits per heavy atom. The zero-order valence-corrected chi connectivity index (χ0v) is 16.8. The van der Waals surface area contributed by atoms with E-state index >= 15 is 0 Å². The molecule has 0 unspecified atom stereocenters. The van der Waals surface area contributed by atoms with Gasteiger partial charge in [0, 0.05) is 11.1 Å². The number of rotatable bonds is 2. The molecule has 23 heavy (non-hydrogen) atoms. The van der Waals surface area contributed by atoms with Gasteiger partial charge < -0.3 is 5.32 Å². The average molecular weight is 318 g/mol. The molecule has 2 rings (SSSR count). The molecule has 0 aromatic heterocycles. The van der Waals surface area contributed by atoms with E-state index in [2.05, 4.69) is 78.9 Å². The smallest absolute Gasteiger partial charge is 0.0101 e. The van der Waals surface area contributed by atoms with Crippen molar-refractivity contribution in [2.24, 2.45) is 5.92 Å². The molecule has 1 nitrogen and oxygen atoms in total. The summed E-state index contributed by atoms with van der Waals surface area (Å²) in [5, 5.41) is 3.46. The van der Waals surface area contributed by atoms with Crippen LogP contribution < -0.4 is 5.32 Å². The summed E-state index contributed by atoms with van der Waals surface area (Å²) in [5.74, 6) is 0.781. The molecule has 0 aliphatic heterocycles. The van der Waals surface area contributed by atoms with Gasteiger partial charge in [0.1, 0.15) is 0 Å². The van der Waals surface area contributed by atoms with E-state index in [1.807, 2.05) is 0 Å². The monoisotopic (exact) mass is 317 g/mol. The van der Waals surface area contributed by atoms with E-state index in [9.17, 15) is 0 Å². The van der Waals surface area contributed by atoms with E-state index in [1.54, 1.807) is 16.7 Å². The summed E-state index contributed by atoms with van der Waals surface area (Å²) in [5.41, 5.74) is 5.37. The minimum absolute atomic E-state index is 0.234. The van der Waals surface area contributed by atoms with Gasteiger partial charge in [0.15, 0.2) is 0 Å². The van der Waals surface area contributed by atoms with Gasteiger partial charge in [-0.1, -0.05) is 32.0 Å².